The first-order valence-corrected chi connectivity index (χ1v) is 9.44. The molecule has 0 saturated carbocycles. The van der Waals surface area contributed by atoms with Gasteiger partial charge in [0.15, 0.2) is 5.58 Å². The molecule has 0 unspecified atom stereocenters. The van der Waals surface area contributed by atoms with E-state index in [0.717, 1.165) is 16.3 Å². The van der Waals surface area contributed by atoms with Crippen LogP contribution in [-0.2, 0) is 10.0 Å². The Kier molecular flexibility index (Phi) is 3.78. The highest BCUT2D eigenvalue weighted by Crippen LogP contribution is 2.28. The van der Waals surface area contributed by atoms with Gasteiger partial charge in [0.25, 0.3) is 0 Å². The first-order valence-electron chi connectivity index (χ1n) is 7.96. The van der Waals surface area contributed by atoms with Crippen molar-refractivity contribution >= 4 is 31.9 Å². The Bertz CT molecular complexity index is 1180. The van der Waals surface area contributed by atoms with Crippen LogP contribution in [0.25, 0.3) is 33.3 Å². The standard InChI is InChI=1S/C19H16N2O3S/c1-2-20-25(22,23)16-9-10-18-17(12-16)21-19(24-18)15-8-7-13-5-3-4-6-14(13)11-15/h3-12,20H,2H2,1H3. The average Bonchev–Trinajstić information content (AvgIpc) is 3.04. The van der Waals surface area contributed by atoms with E-state index in [-0.39, 0.29) is 4.90 Å². The van der Waals surface area contributed by atoms with Gasteiger partial charge in [0.1, 0.15) is 5.52 Å². The fourth-order valence-corrected chi connectivity index (χ4v) is 3.85. The number of sulfonamides is 1. The largest absolute Gasteiger partial charge is 0.436 e. The fourth-order valence-electron chi connectivity index (χ4n) is 2.79. The second kappa shape index (κ2) is 5.98. The number of fused-ring (bicyclic) bond motifs is 2. The molecule has 0 bridgehead atoms. The number of nitrogens with zero attached hydrogens (tertiary/aromatic N) is 1. The monoisotopic (exact) mass is 352 g/mol. The van der Waals surface area contributed by atoms with Gasteiger partial charge in [-0.3, -0.25) is 0 Å². The molecule has 0 fully saturated rings. The van der Waals surface area contributed by atoms with Gasteiger partial charge in [0.2, 0.25) is 15.9 Å². The number of hydrogen-bond donors (Lipinski definition) is 1. The Morgan fingerprint density at radius 3 is 2.60 bits per heavy atom. The first kappa shape index (κ1) is 15.8. The molecule has 0 aliphatic carbocycles. The number of hydrogen-bond acceptors (Lipinski definition) is 4. The smallest absolute Gasteiger partial charge is 0.240 e. The summed E-state index contributed by atoms with van der Waals surface area (Å²) in [6.45, 7) is 2.07. The van der Waals surface area contributed by atoms with E-state index in [0.29, 0.717) is 23.5 Å². The van der Waals surface area contributed by atoms with Crippen molar-refractivity contribution < 1.29 is 12.8 Å². The molecule has 0 amide bonds. The third-order valence-corrected chi connectivity index (χ3v) is 5.54. The predicted molar refractivity (Wildman–Crippen MR) is 97.8 cm³/mol. The lowest BCUT2D eigenvalue weighted by atomic mass is 10.1. The van der Waals surface area contributed by atoms with E-state index in [2.05, 4.69) is 9.71 Å². The summed E-state index contributed by atoms with van der Waals surface area (Å²) in [6.07, 6.45) is 0. The minimum absolute atomic E-state index is 0.181. The molecule has 0 aliphatic rings. The minimum atomic E-state index is -3.52. The normalized spacial score (nSPS) is 12.0. The molecule has 0 radical (unpaired) electrons. The zero-order chi connectivity index (χ0) is 17.4. The quantitative estimate of drug-likeness (QED) is 0.604. The van der Waals surface area contributed by atoms with Crippen LogP contribution >= 0.6 is 0 Å². The van der Waals surface area contributed by atoms with Gasteiger partial charge in [-0.1, -0.05) is 37.3 Å². The maximum absolute atomic E-state index is 12.1. The highest BCUT2D eigenvalue weighted by Gasteiger charge is 2.16. The second-order valence-corrected chi connectivity index (χ2v) is 7.48. The summed E-state index contributed by atoms with van der Waals surface area (Å²) in [6, 6.07) is 18.7. The summed E-state index contributed by atoms with van der Waals surface area (Å²) < 4.78 is 32.5. The summed E-state index contributed by atoms with van der Waals surface area (Å²) in [5.74, 6) is 0.471. The van der Waals surface area contributed by atoms with Gasteiger partial charge in [-0.15, -0.1) is 0 Å². The molecule has 126 valence electrons. The van der Waals surface area contributed by atoms with Crippen LogP contribution in [0.2, 0.25) is 0 Å². The van der Waals surface area contributed by atoms with Gasteiger partial charge < -0.3 is 4.42 Å². The Morgan fingerprint density at radius 2 is 1.80 bits per heavy atom. The Morgan fingerprint density at radius 1 is 1.00 bits per heavy atom. The molecule has 0 atom stereocenters. The maximum atomic E-state index is 12.1. The molecule has 1 N–H and O–H groups in total. The van der Waals surface area contributed by atoms with E-state index in [9.17, 15) is 8.42 Å². The summed E-state index contributed by atoms with van der Waals surface area (Å²) in [5, 5.41) is 2.24. The van der Waals surface area contributed by atoms with E-state index >= 15 is 0 Å². The number of oxazole rings is 1. The third kappa shape index (κ3) is 2.90. The van der Waals surface area contributed by atoms with E-state index < -0.39 is 10.0 Å². The molecule has 0 aliphatic heterocycles. The van der Waals surface area contributed by atoms with Crippen molar-refractivity contribution in [1.82, 2.24) is 9.71 Å². The highest BCUT2D eigenvalue weighted by molar-refractivity contribution is 7.89. The lowest BCUT2D eigenvalue weighted by molar-refractivity contribution is 0.584. The zero-order valence-electron chi connectivity index (χ0n) is 13.6. The van der Waals surface area contributed by atoms with Crippen LogP contribution in [0.5, 0.6) is 0 Å². The van der Waals surface area contributed by atoms with Gasteiger partial charge in [-0.25, -0.2) is 18.1 Å². The van der Waals surface area contributed by atoms with Crippen molar-refractivity contribution in [3.05, 3.63) is 60.7 Å². The fraction of sp³-hybridized carbons (Fsp3) is 0.105. The van der Waals surface area contributed by atoms with Crippen molar-refractivity contribution in [3.63, 3.8) is 0 Å². The van der Waals surface area contributed by atoms with Crippen LogP contribution in [-0.4, -0.2) is 19.9 Å². The zero-order valence-corrected chi connectivity index (χ0v) is 14.4. The maximum Gasteiger partial charge on any atom is 0.240 e. The van der Waals surface area contributed by atoms with E-state index in [1.54, 1.807) is 13.0 Å². The summed E-state index contributed by atoms with van der Waals surface area (Å²) in [7, 11) is -3.52. The Labute approximate surface area is 145 Å². The van der Waals surface area contributed by atoms with Gasteiger partial charge in [-0.2, -0.15) is 0 Å². The Balaban J connectivity index is 1.80. The number of rotatable bonds is 4. The molecule has 4 rings (SSSR count). The van der Waals surface area contributed by atoms with Crippen molar-refractivity contribution in [2.45, 2.75) is 11.8 Å². The molecular weight excluding hydrogens is 336 g/mol. The van der Waals surface area contributed by atoms with Gasteiger partial charge in [0.05, 0.1) is 4.90 Å². The molecule has 5 nitrogen and oxygen atoms in total. The average molecular weight is 352 g/mol. The van der Waals surface area contributed by atoms with E-state index in [1.165, 1.54) is 12.1 Å². The van der Waals surface area contributed by atoms with Crippen LogP contribution in [0.3, 0.4) is 0 Å². The number of nitrogens with one attached hydrogen (secondary N) is 1. The molecule has 25 heavy (non-hydrogen) atoms. The van der Waals surface area contributed by atoms with Gasteiger partial charge in [0, 0.05) is 12.1 Å². The lowest BCUT2D eigenvalue weighted by Crippen LogP contribution is -2.22. The second-order valence-electron chi connectivity index (χ2n) is 5.71. The van der Waals surface area contributed by atoms with E-state index in [1.807, 2.05) is 42.5 Å². The van der Waals surface area contributed by atoms with Gasteiger partial charge >= 0.3 is 0 Å². The molecular formula is C19H16N2O3S. The van der Waals surface area contributed by atoms with Crippen molar-refractivity contribution in [2.24, 2.45) is 0 Å². The van der Waals surface area contributed by atoms with Crippen LogP contribution in [0.15, 0.2) is 70.0 Å². The number of benzene rings is 3. The first-order chi connectivity index (χ1) is 12.1. The number of aromatic nitrogens is 1. The minimum Gasteiger partial charge on any atom is -0.436 e. The van der Waals surface area contributed by atoms with E-state index in [4.69, 9.17) is 4.42 Å². The molecule has 4 aromatic rings. The van der Waals surface area contributed by atoms with Crippen LogP contribution in [0.1, 0.15) is 6.92 Å². The summed E-state index contributed by atoms with van der Waals surface area (Å²) in [5.41, 5.74) is 1.92. The summed E-state index contributed by atoms with van der Waals surface area (Å²) in [4.78, 5) is 4.65. The van der Waals surface area contributed by atoms with Crippen molar-refractivity contribution in [2.75, 3.05) is 6.54 Å². The molecule has 1 aromatic heterocycles. The van der Waals surface area contributed by atoms with Crippen LogP contribution in [0, 0.1) is 0 Å². The van der Waals surface area contributed by atoms with Crippen LogP contribution < -0.4 is 4.72 Å². The SMILES string of the molecule is CCNS(=O)(=O)c1ccc2oc(-c3ccc4ccccc4c3)nc2c1. The van der Waals surface area contributed by atoms with Gasteiger partial charge in [-0.05, 0) is 41.1 Å². The topological polar surface area (TPSA) is 72.2 Å². The molecule has 0 spiro atoms. The Hall–Kier alpha value is -2.70. The highest BCUT2D eigenvalue weighted by atomic mass is 32.2. The molecule has 0 saturated heterocycles. The van der Waals surface area contributed by atoms with Crippen molar-refractivity contribution in [1.29, 1.82) is 0 Å². The van der Waals surface area contributed by atoms with Crippen molar-refractivity contribution in [3.8, 4) is 11.5 Å². The third-order valence-electron chi connectivity index (χ3n) is 4.00. The lowest BCUT2D eigenvalue weighted by Gasteiger charge is -2.03. The summed E-state index contributed by atoms with van der Waals surface area (Å²) >= 11 is 0. The molecule has 6 heteroatoms. The molecule has 3 aromatic carbocycles. The molecule has 1 heterocycles. The predicted octanol–water partition coefficient (Wildman–Crippen LogP) is 3.95. The van der Waals surface area contributed by atoms with Crippen LogP contribution in [0.4, 0.5) is 0 Å².